The van der Waals surface area contributed by atoms with E-state index in [-0.39, 0.29) is 24.0 Å². The fourth-order valence-corrected chi connectivity index (χ4v) is 2.77. The molecule has 27 heavy (non-hydrogen) atoms. The van der Waals surface area contributed by atoms with Gasteiger partial charge in [-0.2, -0.15) is 0 Å². The van der Waals surface area contributed by atoms with Crippen molar-refractivity contribution in [2.24, 2.45) is 4.99 Å². The van der Waals surface area contributed by atoms with Gasteiger partial charge in [-0.3, -0.25) is 4.99 Å². The Bertz CT molecular complexity index is 480. The fraction of sp³-hybridized carbons (Fsp3) is 0.667. The number of ether oxygens (including phenoxy) is 1. The molecule has 0 spiro atoms. The number of nitrogens with one attached hydrogen (secondary N) is 2. The van der Waals surface area contributed by atoms with Gasteiger partial charge in [0.25, 0.3) is 0 Å². The van der Waals surface area contributed by atoms with Gasteiger partial charge in [0, 0.05) is 12.6 Å². The van der Waals surface area contributed by atoms with Crippen molar-refractivity contribution in [3.63, 3.8) is 0 Å². The van der Waals surface area contributed by atoms with Gasteiger partial charge in [0.1, 0.15) is 0 Å². The summed E-state index contributed by atoms with van der Waals surface area (Å²) in [5.74, 6) is 0.881. The summed E-state index contributed by atoms with van der Waals surface area (Å²) in [6.45, 7) is 15.0. The Kier molecular flexibility index (Phi) is 16.7. The number of rotatable bonds is 13. The predicted molar refractivity (Wildman–Crippen MR) is 127 cm³/mol. The van der Waals surface area contributed by atoms with Crippen molar-refractivity contribution in [3.05, 3.63) is 35.9 Å². The van der Waals surface area contributed by atoms with Crippen LogP contribution in [-0.4, -0.2) is 56.2 Å². The van der Waals surface area contributed by atoms with Gasteiger partial charge in [0.2, 0.25) is 0 Å². The molecule has 156 valence electrons. The molecule has 5 nitrogen and oxygen atoms in total. The van der Waals surface area contributed by atoms with Crippen molar-refractivity contribution < 1.29 is 4.74 Å². The Balaban J connectivity index is 0.00000676. The summed E-state index contributed by atoms with van der Waals surface area (Å²) in [5, 5.41) is 6.82. The summed E-state index contributed by atoms with van der Waals surface area (Å²) in [6.07, 6.45) is 2.35. The van der Waals surface area contributed by atoms with Crippen LogP contribution in [0.3, 0.4) is 0 Å². The molecule has 0 bridgehead atoms. The molecular formula is C21H39IN4O. The molecule has 0 saturated heterocycles. The maximum atomic E-state index is 5.70. The van der Waals surface area contributed by atoms with E-state index < -0.39 is 0 Å². The van der Waals surface area contributed by atoms with Gasteiger partial charge in [0.05, 0.1) is 19.8 Å². The van der Waals surface area contributed by atoms with Crippen LogP contribution in [0.5, 0.6) is 0 Å². The van der Waals surface area contributed by atoms with E-state index in [2.05, 4.69) is 60.4 Å². The van der Waals surface area contributed by atoms with Crippen LogP contribution in [-0.2, 0) is 11.3 Å². The van der Waals surface area contributed by atoms with E-state index in [4.69, 9.17) is 4.74 Å². The second kappa shape index (κ2) is 17.3. The molecule has 1 rings (SSSR count). The zero-order valence-electron chi connectivity index (χ0n) is 17.5. The van der Waals surface area contributed by atoms with E-state index in [1.165, 1.54) is 18.5 Å². The van der Waals surface area contributed by atoms with E-state index in [0.717, 1.165) is 32.0 Å². The first-order valence-corrected chi connectivity index (χ1v) is 10.1. The van der Waals surface area contributed by atoms with Crippen molar-refractivity contribution in [3.8, 4) is 0 Å². The lowest BCUT2D eigenvalue weighted by molar-refractivity contribution is 0.128. The Labute approximate surface area is 183 Å². The van der Waals surface area contributed by atoms with Gasteiger partial charge >= 0.3 is 0 Å². The summed E-state index contributed by atoms with van der Waals surface area (Å²) in [7, 11) is 0. The zero-order chi connectivity index (χ0) is 19.0. The monoisotopic (exact) mass is 490 g/mol. The van der Waals surface area contributed by atoms with Crippen molar-refractivity contribution in [2.45, 2.75) is 53.2 Å². The van der Waals surface area contributed by atoms with Crippen LogP contribution >= 0.6 is 24.0 Å². The Morgan fingerprint density at radius 1 is 1.15 bits per heavy atom. The fourth-order valence-electron chi connectivity index (χ4n) is 2.77. The van der Waals surface area contributed by atoms with Crippen LogP contribution in [0.25, 0.3) is 0 Å². The second-order valence-electron chi connectivity index (χ2n) is 6.51. The molecule has 6 heteroatoms. The highest BCUT2D eigenvalue weighted by atomic mass is 127. The molecule has 0 heterocycles. The SMILES string of the molecule is CCNC(=NCCOCc1ccccc1)NC(C)CCCN(CC)CC.I. The first kappa shape index (κ1) is 26.1. The van der Waals surface area contributed by atoms with Crippen molar-refractivity contribution in [1.29, 1.82) is 0 Å². The summed E-state index contributed by atoms with van der Waals surface area (Å²) < 4.78 is 5.70. The largest absolute Gasteiger partial charge is 0.375 e. The standard InChI is InChI=1S/C21H38N4O.HI/c1-5-22-21(24-19(4)12-11-16-25(6-2)7-3)23-15-17-26-18-20-13-9-8-10-14-20;/h8-10,13-14,19H,5-7,11-12,15-18H2,1-4H3,(H2,22,23,24);1H. The predicted octanol–water partition coefficient (Wildman–Crippen LogP) is 3.89. The molecular weight excluding hydrogens is 451 g/mol. The van der Waals surface area contributed by atoms with Crippen LogP contribution < -0.4 is 10.6 Å². The lowest BCUT2D eigenvalue weighted by Crippen LogP contribution is -2.42. The summed E-state index contributed by atoms with van der Waals surface area (Å²) in [5.41, 5.74) is 1.20. The molecule has 0 radical (unpaired) electrons. The van der Waals surface area contributed by atoms with E-state index in [0.29, 0.717) is 25.8 Å². The highest BCUT2D eigenvalue weighted by Gasteiger charge is 2.06. The van der Waals surface area contributed by atoms with Crippen molar-refractivity contribution >= 4 is 29.9 Å². The van der Waals surface area contributed by atoms with Crippen LogP contribution in [0.4, 0.5) is 0 Å². The number of guanidine groups is 1. The summed E-state index contributed by atoms with van der Waals surface area (Å²) >= 11 is 0. The molecule has 1 atom stereocenters. The third-order valence-corrected chi connectivity index (χ3v) is 4.35. The number of benzene rings is 1. The van der Waals surface area contributed by atoms with E-state index in [9.17, 15) is 0 Å². The Morgan fingerprint density at radius 2 is 1.85 bits per heavy atom. The number of aliphatic imine (C=N–C) groups is 1. The molecule has 0 saturated carbocycles. The molecule has 0 aliphatic rings. The second-order valence-corrected chi connectivity index (χ2v) is 6.51. The summed E-state index contributed by atoms with van der Waals surface area (Å²) in [6, 6.07) is 10.7. The lowest BCUT2D eigenvalue weighted by atomic mass is 10.2. The van der Waals surface area contributed by atoms with Crippen LogP contribution in [0.2, 0.25) is 0 Å². The number of nitrogens with zero attached hydrogens (tertiary/aromatic N) is 2. The molecule has 0 fully saturated rings. The van der Waals surface area contributed by atoms with Crippen LogP contribution in [0.15, 0.2) is 35.3 Å². The van der Waals surface area contributed by atoms with Gasteiger partial charge in [0.15, 0.2) is 5.96 Å². The van der Waals surface area contributed by atoms with Crippen LogP contribution in [0.1, 0.15) is 46.1 Å². The van der Waals surface area contributed by atoms with Gasteiger partial charge in [-0.05, 0) is 51.9 Å². The first-order chi connectivity index (χ1) is 12.7. The highest BCUT2D eigenvalue weighted by Crippen LogP contribution is 2.01. The summed E-state index contributed by atoms with van der Waals surface area (Å²) in [4.78, 5) is 7.09. The molecule has 0 aliphatic heterocycles. The van der Waals surface area contributed by atoms with Gasteiger partial charge < -0.3 is 20.3 Å². The van der Waals surface area contributed by atoms with Crippen molar-refractivity contribution in [2.75, 3.05) is 39.3 Å². The van der Waals surface area contributed by atoms with Gasteiger partial charge in [-0.1, -0.05) is 44.2 Å². The van der Waals surface area contributed by atoms with E-state index in [1.54, 1.807) is 0 Å². The average molecular weight is 490 g/mol. The van der Waals surface area contributed by atoms with E-state index >= 15 is 0 Å². The number of hydrogen-bond acceptors (Lipinski definition) is 3. The molecule has 0 aromatic heterocycles. The molecule has 0 aliphatic carbocycles. The van der Waals surface area contributed by atoms with Crippen LogP contribution in [0, 0.1) is 0 Å². The van der Waals surface area contributed by atoms with E-state index in [1.807, 2.05) is 18.2 Å². The topological polar surface area (TPSA) is 48.9 Å². The minimum absolute atomic E-state index is 0. The minimum Gasteiger partial charge on any atom is -0.375 e. The first-order valence-electron chi connectivity index (χ1n) is 10.1. The molecule has 2 N–H and O–H groups in total. The third-order valence-electron chi connectivity index (χ3n) is 4.35. The number of halogens is 1. The van der Waals surface area contributed by atoms with Crippen molar-refractivity contribution in [1.82, 2.24) is 15.5 Å². The van der Waals surface area contributed by atoms with Gasteiger partial charge in [-0.25, -0.2) is 0 Å². The molecule has 0 amide bonds. The smallest absolute Gasteiger partial charge is 0.191 e. The molecule has 1 unspecified atom stereocenters. The Morgan fingerprint density at radius 3 is 2.48 bits per heavy atom. The Hall–Kier alpha value is -0.860. The number of hydrogen-bond donors (Lipinski definition) is 2. The highest BCUT2D eigenvalue weighted by molar-refractivity contribution is 14.0. The van der Waals surface area contributed by atoms with Gasteiger partial charge in [-0.15, -0.1) is 24.0 Å². The normalized spacial score (nSPS) is 12.6. The molecule has 1 aromatic rings. The minimum atomic E-state index is 0. The average Bonchev–Trinajstić information content (AvgIpc) is 2.66. The zero-order valence-corrected chi connectivity index (χ0v) is 19.9. The maximum absolute atomic E-state index is 5.70. The molecule has 1 aromatic carbocycles. The lowest BCUT2D eigenvalue weighted by Gasteiger charge is -2.21. The third kappa shape index (κ3) is 13.0. The maximum Gasteiger partial charge on any atom is 0.191 e. The quantitative estimate of drug-likeness (QED) is 0.191.